The Kier molecular flexibility index (Phi) is 31.8. The summed E-state index contributed by atoms with van der Waals surface area (Å²) in [5.74, 6) is 0.135. The minimum absolute atomic E-state index is 0.0224. The lowest BCUT2D eigenvalue weighted by Crippen LogP contribution is -2.24. The van der Waals surface area contributed by atoms with Crippen molar-refractivity contribution in [3.8, 4) is 0 Å². The lowest BCUT2D eigenvalue weighted by molar-refractivity contribution is -0.155. The number of hydrogen-bond acceptors (Lipinski definition) is 9. The molecule has 1 N–H and O–H groups in total. The second-order valence-corrected chi connectivity index (χ2v) is 14.1. The van der Waals surface area contributed by atoms with Crippen molar-refractivity contribution in [3.05, 3.63) is 0 Å². The maximum absolute atomic E-state index is 12.0. The molecule has 48 heavy (non-hydrogen) atoms. The Balaban J connectivity index is 3.52. The maximum atomic E-state index is 12.0. The third kappa shape index (κ3) is 33.7. The van der Waals surface area contributed by atoms with Gasteiger partial charge in [0.2, 0.25) is 0 Å². The summed E-state index contributed by atoms with van der Waals surface area (Å²) in [5, 5.41) is 10.0. The van der Waals surface area contributed by atoms with Crippen molar-refractivity contribution in [1.82, 2.24) is 0 Å². The highest BCUT2D eigenvalue weighted by Gasteiger charge is 2.18. The molecule has 9 nitrogen and oxygen atoms in total. The Labute approximate surface area is 293 Å². The van der Waals surface area contributed by atoms with Crippen LogP contribution in [0, 0.1) is 11.8 Å². The van der Waals surface area contributed by atoms with E-state index in [2.05, 4.69) is 27.7 Å². The summed E-state index contributed by atoms with van der Waals surface area (Å²) in [6, 6.07) is 0. The Morgan fingerprint density at radius 3 is 1.10 bits per heavy atom. The van der Waals surface area contributed by atoms with E-state index in [-0.39, 0.29) is 31.4 Å². The lowest BCUT2D eigenvalue weighted by atomic mass is 10.0. The van der Waals surface area contributed by atoms with E-state index in [4.69, 9.17) is 18.9 Å². The molecule has 0 saturated carbocycles. The number of hydrogen-bond donors (Lipinski definition) is 1. The number of aliphatic hydroxyl groups excluding tert-OH is 1. The molecule has 0 fully saturated rings. The van der Waals surface area contributed by atoms with Crippen LogP contribution in [0.25, 0.3) is 0 Å². The average molecular weight is 685 g/mol. The molecular formula is C39H72O9. The lowest BCUT2D eigenvalue weighted by Gasteiger charge is -2.11. The SMILES string of the molecule is CC(C)CCCCCCC(=O)OCCCCCCCOC(=O)CCC(O)C(=O)OCCCCCCCOC(=O)CCCCCCC(C)C. The van der Waals surface area contributed by atoms with Gasteiger partial charge in [-0.3, -0.25) is 14.4 Å². The zero-order valence-electron chi connectivity index (χ0n) is 31.2. The van der Waals surface area contributed by atoms with Crippen LogP contribution in [0.3, 0.4) is 0 Å². The highest BCUT2D eigenvalue weighted by Crippen LogP contribution is 2.13. The number of unbranched alkanes of at least 4 members (excludes halogenated alkanes) is 14. The fraction of sp³-hybridized carbons (Fsp3) is 0.897. The second kappa shape index (κ2) is 33.3. The number of aliphatic hydroxyl groups is 1. The first-order valence-electron chi connectivity index (χ1n) is 19.4. The largest absolute Gasteiger partial charge is 0.466 e. The Morgan fingerprint density at radius 1 is 0.396 bits per heavy atom. The Morgan fingerprint density at radius 2 is 0.708 bits per heavy atom. The van der Waals surface area contributed by atoms with Crippen molar-refractivity contribution < 1.29 is 43.2 Å². The van der Waals surface area contributed by atoms with E-state index in [0.29, 0.717) is 39.1 Å². The summed E-state index contributed by atoms with van der Waals surface area (Å²) >= 11 is 0. The quantitative estimate of drug-likeness (QED) is 0.0401. The van der Waals surface area contributed by atoms with Crippen LogP contribution >= 0.6 is 0 Å². The predicted octanol–water partition coefficient (Wildman–Crippen LogP) is 9.19. The van der Waals surface area contributed by atoms with Crippen LogP contribution in [0.4, 0.5) is 0 Å². The first-order valence-corrected chi connectivity index (χ1v) is 19.4. The van der Waals surface area contributed by atoms with Crippen LogP contribution in [0.5, 0.6) is 0 Å². The molecule has 0 aromatic carbocycles. The summed E-state index contributed by atoms with van der Waals surface area (Å²) in [6.07, 6.45) is 19.6. The van der Waals surface area contributed by atoms with Gasteiger partial charge in [0.05, 0.1) is 26.4 Å². The molecule has 0 aliphatic heterocycles. The third-order valence-electron chi connectivity index (χ3n) is 8.33. The van der Waals surface area contributed by atoms with Gasteiger partial charge >= 0.3 is 23.9 Å². The smallest absolute Gasteiger partial charge is 0.334 e. The molecule has 282 valence electrons. The number of carbonyl (C=O) groups excluding carboxylic acids is 4. The number of esters is 4. The number of carbonyl (C=O) groups is 4. The number of rotatable bonds is 34. The molecule has 0 bridgehead atoms. The van der Waals surface area contributed by atoms with E-state index in [1.54, 1.807) is 0 Å². The standard InChI is InChI=1S/C39H72O9/c1-33(2)23-15-7-9-17-25-36(41)45-29-19-11-5-12-21-31-47-38(43)28-27-35(40)39(44)48-32-22-14-6-13-20-30-46-37(42)26-18-10-8-16-24-34(3)4/h33-35,40H,5-32H2,1-4H3. The monoisotopic (exact) mass is 685 g/mol. The van der Waals surface area contributed by atoms with Crippen molar-refractivity contribution in [2.45, 2.75) is 188 Å². The van der Waals surface area contributed by atoms with Crippen molar-refractivity contribution in [1.29, 1.82) is 0 Å². The van der Waals surface area contributed by atoms with Crippen LogP contribution in [0.2, 0.25) is 0 Å². The van der Waals surface area contributed by atoms with Gasteiger partial charge < -0.3 is 24.1 Å². The van der Waals surface area contributed by atoms with Crippen LogP contribution in [-0.4, -0.2) is 61.5 Å². The topological polar surface area (TPSA) is 125 Å². The van der Waals surface area contributed by atoms with E-state index in [0.717, 1.165) is 95.3 Å². The highest BCUT2D eigenvalue weighted by molar-refractivity contribution is 5.76. The van der Waals surface area contributed by atoms with Crippen molar-refractivity contribution in [2.24, 2.45) is 11.8 Å². The summed E-state index contributed by atoms with van der Waals surface area (Å²) < 4.78 is 21.0. The normalized spacial score (nSPS) is 11.9. The van der Waals surface area contributed by atoms with Crippen LogP contribution in [0.1, 0.15) is 182 Å². The number of ether oxygens (including phenoxy) is 4. The van der Waals surface area contributed by atoms with Crippen LogP contribution < -0.4 is 0 Å². The summed E-state index contributed by atoms with van der Waals surface area (Å²) in [6.45, 7) is 10.4. The van der Waals surface area contributed by atoms with Gasteiger partial charge in [0.15, 0.2) is 6.10 Å². The van der Waals surface area contributed by atoms with Gasteiger partial charge in [-0.1, -0.05) is 118 Å². The van der Waals surface area contributed by atoms with E-state index < -0.39 is 18.0 Å². The van der Waals surface area contributed by atoms with Gasteiger partial charge in [-0.25, -0.2) is 4.79 Å². The predicted molar refractivity (Wildman–Crippen MR) is 190 cm³/mol. The molecule has 1 atom stereocenters. The molecule has 0 spiro atoms. The molecule has 0 aliphatic carbocycles. The van der Waals surface area contributed by atoms with Crippen molar-refractivity contribution >= 4 is 23.9 Å². The van der Waals surface area contributed by atoms with Gasteiger partial charge in [0.1, 0.15) is 0 Å². The molecule has 0 aromatic heterocycles. The molecule has 0 heterocycles. The summed E-state index contributed by atoms with van der Waals surface area (Å²) in [5.41, 5.74) is 0. The minimum atomic E-state index is -1.34. The first kappa shape index (κ1) is 45.8. The summed E-state index contributed by atoms with van der Waals surface area (Å²) in [7, 11) is 0. The van der Waals surface area contributed by atoms with Crippen molar-refractivity contribution in [2.75, 3.05) is 26.4 Å². The maximum Gasteiger partial charge on any atom is 0.334 e. The van der Waals surface area contributed by atoms with Crippen LogP contribution in [-0.2, 0) is 38.1 Å². The molecular weight excluding hydrogens is 612 g/mol. The van der Waals surface area contributed by atoms with E-state index in [9.17, 15) is 24.3 Å². The minimum Gasteiger partial charge on any atom is -0.466 e. The molecule has 1 unspecified atom stereocenters. The molecule has 0 aromatic rings. The zero-order chi connectivity index (χ0) is 35.7. The molecule has 9 heteroatoms. The first-order chi connectivity index (χ1) is 23.1. The Bertz CT molecular complexity index is 796. The third-order valence-corrected chi connectivity index (χ3v) is 8.33. The highest BCUT2D eigenvalue weighted by atomic mass is 16.6. The van der Waals surface area contributed by atoms with Gasteiger partial charge in [-0.15, -0.1) is 0 Å². The van der Waals surface area contributed by atoms with E-state index in [1.807, 2.05) is 0 Å². The fourth-order valence-electron chi connectivity index (χ4n) is 5.24. The van der Waals surface area contributed by atoms with Crippen molar-refractivity contribution in [3.63, 3.8) is 0 Å². The zero-order valence-corrected chi connectivity index (χ0v) is 31.2. The van der Waals surface area contributed by atoms with E-state index >= 15 is 0 Å². The summed E-state index contributed by atoms with van der Waals surface area (Å²) in [4.78, 5) is 47.5. The van der Waals surface area contributed by atoms with E-state index in [1.165, 1.54) is 38.5 Å². The average Bonchev–Trinajstić information content (AvgIpc) is 3.04. The van der Waals surface area contributed by atoms with Gasteiger partial charge in [-0.2, -0.15) is 0 Å². The van der Waals surface area contributed by atoms with Crippen LogP contribution in [0.15, 0.2) is 0 Å². The fourth-order valence-corrected chi connectivity index (χ4v) is 5.24. The molecule has 0 rings (SSSR count). The molecule has 0 saturated heterocycles. The van der Waals surface area contributed by atoms with Gasteiger partial charge in [0, 0.05) is 19.3 Å². The molecule has 0 radical (unpaired) electrons. The van der Waals surface area contributed by atoms with Gasteiger partial charge in [-0.05, 0) is 56.8 Å². The second-order valence-electron chi connectivity index (χ2n) is 14.1. The Hall–Kier alpha value is -2.16. The van der Waals surface area contributed by atoms with Gasteiger partial charge in [0.25, 0.3) is 0 Å². The molecule has 0 aliphatic rings. The molecule has 0 amide bonds.